The van der Waals surface area contributed by atoms with Crippen molar-refractivity contribution in [2.45, 2.75) is 53.4 Å². The fourth-order valence-electron chi connectivity index (χ4n) is 0.894. The zero-order chi connectivity index (χ0) is 12.3. The summed E-state index contributed by atoms with van der Waals surface area (Å²) >= 11 is 0. The maximum absolute atomic E-state index is 9.97. The number of aliphatic carboxylic acids is 1. The first-order valence-corrected chi connectivity index (χ1v) is 5.80. The Morgan fingerprint density at radius 1 is 1.27 bits per heavy atom. The van der Waals surface area contributed by atoms with Gasteiger partial charge in [-0.05, 0) is 18.3 Å². The number of carbonyl (C=O) groups is 1. The van der Waals surface area contributed by atoms with E-state index in [4.69, 9.17) is 5.11 Å². The van der Waals surface area contributed by atoms with Crippen molar-refractivity contribution in [1.82, 2.24) is 0 Å². The molecule has 2 atom stereocenters. The maximum atomic E-state index is 9.97. The molecule has 0 rings (SSSR count). The SMILES string of the molecule is C=CCC(C)CC.CCC(C)CC(=O)O. The van der Waals surface area contributed by atoms with E-state index < -0.39 is 5.97 Å². The summed E-state index contributed by atoms with van der Waals surface area (Å²) in [7, 11) is 0. The third kappa shape index (κ3) is 15.9. The number of hydrogen-bond acceptors (Lipinski definition) is 1. The van der Waals surface area contributed by atoms with Crippen LogP contribution in [-0.2, 0) is 4.79 Å². The summed E-state index contributed by atoms with van der Waals surface area (Å²) in [6.45, 7) is 12.0. The summed E-state index contributed by atoms with van der Waals surface area (Å²) in [6.07, 6.45) is 5.67. The molecular formula is C13H26O2. The van der Waals surface area contributed by atoms with Gasteiger partial charge < -0.3 is 5.11 Å². The Morgan fingerprint density at radius 3 is 1.87 bits per heavy atom. The van der Waals surface area contributed by atoms with Crippen molar-refractivity contribution >= 4 is 5.97 Å². The van der Waals surface area contributed by atoms with Crippen molar-refractivity contribution in [2.75, 3.05) is 0 Å². The van der Waals surface area contributed by atoms with Crippen LogP contribution in [-0.4, -0.2) is 11.1 Å². The summed E-state index contributed by atoms with van der Waals surface area (Å²) in [5.74, 6) is 0.462. The summed E-state index contributed by atoms with van der Waals surface area (Å²) in [5, 5.41) is 8.22. The summed E-state index contributed by atoms with van der Waals surface area (Å²) in [4.78, 5) is 9.97. The fourth-order valence-corrected chi connectivity index (χ4v) is 0.894. The average Bonchev–Trinajstić information content (AvgIpc) is 2.18. The number of hydrogen-bond donors (Lipinski definition) is 1. The Labute approximate surface area is 94.4 Å². The van der Waals surface area contributed by atoms with Crippen LogP contribution in [0.25, 0.3) is 0 Å². The van der Waals surface area contributed by atoms with Crippen LogP contribution in [0, 0.1) is 11.8 Å². The molecule has 2 heteroatoms. The highest BCUT2D eigenvalue weighted by molar-refractivity contribution is 5.66. The molecule has 0 fully saturated rings. The van der Waals surface area contributed by atoms with Gasteiger partial charge in [0.1, 0.15) is 0 Å². The lowest BCUT2D eigenvalue weighted by Crippen LogP contribution is -2.02. The quantitative estimate of drug-likeness (QED) is 0.675. The second kappa shape index (κ2) is 11.3. The molecule has 0 spiro atoms. The van der Waals surface area contributed by atoms with Crippen molar-refractivity contribution in [1.29, 1.82) is 0 Å². The summed E-state index contributed by atoms with van der Waals surface area (Å²) < 4.78 is 0. The molecule has 1 N–H and O–H groups in total. The highest BCUT2D eigenvalue weighted by Gasteiger charge is 2.02. The van der Waals surface area contributed by atoms with Gasteiger partial charge in [0.15, 0.2) is 0 Å². The molecule has 2 nitrogen and oxygen atoms in total. The monoisotopic (exact) mass is 214 g/mol. The second-order valence-electron chi connectivity index (χ2n) is 4.15. The molecule has 0 amide bonds. The number of allylic oxidation sites excluding steroid dienone is 1. The maximum Gasteiger partial charge on any atom is 0.303 e. The molecule has 15 heavy (non-hydrogen) atoms. The number of rotatable bonds is 6. The third-order valence-electron chi connectivity index (χ3n) is 2.49. The van der Waals surface area contributed by atoms with Crippen molar-refractivity contribution in [3.05, 3.63) is 12.7 Å². The largest absolute Gasteiger partial charge is 0.481 e. The first kappa shape index (κ1) is 16.6. The van der Waals surface area contributed by atoms with E-state index in [0.29, 0.717) is 12.3 Å². The zero-order valence-corrected chi connectivity index (χ0v) is 10.6. The van der Waals surface area contributed by atoms with E-state index >= 15 is 0 Å². The van der Waals surface area contributed by atoms with E-state index in [9.17, 15) is 4.79 Å². The first-order valence-electron chi connectivity index (χ1n) is 5.80. The van der Waals surface area contributed by atoms with Crippen LogP contribution in [0.2, 0.25) is 0 Å². The van der Waals surface area contributed by atoms with E-state index in [1.54, 1.807) is 0 Å². The Kier molecular flexibility index (Phi) is 12.5. The number of carboxylic acids is 1. The summed E-state index contributed by atoms with van der Waals surface area (Å²) in [6, 6.07) is 0. The van der Waals surface area contributed by atoms with E-state index in [-0.39, 0.29) is 0 Å². The molecule has 0 heterocycles. The fraction of sp³-hybridized carbons (Fsp3) is 0.769. The van der Waals surface area contributed by atoms with Crippen LogP contribution in [0.3, 0.4) is 0 Å². The third-order valence-corrected chi connectivity index (χ3v) is 2.49. The topological polar surface area (TPSA) is 37.3 Å². The van der Waals surface area contributed by atoms with Gasteiger partial charge in [-0.25, -0.2) is 0 Å². The highest BCUT2D eigenvalue weighted by Crippen LogP contribution is 2.05. The molecule has 0 aliphatic rings. The molecule has 0 saturated carbocycles. The van der Waals surface area contributed by atoms with Gasteiger partial charge in [0, 0.05) is 6.42 Å². The lowest BCUT2D eigenvalue weighted by Gasteiger charge is -2.00. The Morgan fingerprint density at radius 2 is 1.73 bits per heavy atom. The number of carboxylic acid groups (broad SMARTS) is 1. The smallest absolute Gasteiger partial charge is 0.303 e. The molecule has 2 unspecified atom stereocenters. The van der Waals surface area contributed by atoms with Gasteiger partial charge in [0.25, 0.3) is 0 Å². The van der Waals surface area contributed by atoms with Crippen LogP contribution < -0.4 is 0 Å². The molecule has 0 bridgehead atoms. The Hall–Kier alpha value is -0.790. The predicted octanol–water partition coefficient (Wildman–Crippen LogP) is 4.12. The van der Waals surface area contributed by atoms with Gasteiger partial charge in [0.2, 0.25) is 0 Å². The van der Waals surface area contributed by atoms with E-state index in [0.717, 1.165) is 18.8 Å². The molecule has 0 aromatic carbocycles. The first-order chi connectivity index (χ1) is 6.97. The van der Waals surface area contributed by atoms with Gasteiger partial charge in [0.05, 0.1) is 0 Å². The van der Waals surface area contributed by atoms with Crippen molar-refractivity contribution in [3.8, 4) is 0 Å². The minimum absolute atomic E-state index is 0.302. The van der Waals surface area contributed by atoms with E-state index in [2.05, 4.69) is 20.4 Å². The van der Waals surface area contributed by atoms with Gasteiger partial charge in [-0.2, -0.15) is 0 Å². The van der Waals surface area contributed by atoms with Gasteiger partial charge in [-0.1, -0.05) is 46.6 Å². The van der Waals surface area contributed by atoms with Crippen LogP contribution in [0.1, 0.15) is 53.4 Å². The molecule has 0 aromatic rings. The minimum atomic E-state index is -0.695. The normalized spacial score (nSPS) is 13.3. The van der Waals surface area contributed by atoms with Crippen LogP contribution in [0.15, 0.2) is 12.7 Å². The van der Waals surface area contributed by atoms with Gasteiger partial charge in [-0.15, -0.1) is 6.58 Å². The molecule has 90 valence electrons. The molecule has 0 aromatic heterocycles. The molecule has 0 radical (unpaired) electrons. The van der Waals surface area contributed by atoms with Gasteiger partial charge >= 0.3 is 5.97 Å². The summed E-state index contributed by atoms with van der Waals surface area (Å²) in [5.41, 5.74) is 0. The molecular weight excluding hydrogens is 188 g/mol. The second-order valence-corrected chi connectivity index (χ2v) is 4.15. The van der Waals surface area contributed by atoms with Crippen molar-refractivity contribution < 1.29 is 9.90 Å². The molecule has 0 aliphatic carbocycles. The average molecular weight is 214 g/mol. The predicted molar refractivity (Wildman–Crippen MR) is 66.0 cm³/mol. The lowest BCUT2D eigenvalue weighted by molar-refractivity contribution is -0.137. The Balaban J connectivity index is 0. The minimum Gasteiger partial charge on any atom is -0.481 e. The standard InChI is InChI=1S/C7H14.C6H12O2/c1-4-6-7(3)5-2;1-3-5(2)4-6(7)8/h4,7H,1,5-6H2,2-3H3;5H,3-4H2,1-2H3,(H,7,8). The lowest BCUT2D eigenvalue weighted by atomic mass is 10.1. The van der Waals surface area contributed by atoms with Crippen molar-refractivity contribution in [2.24, 2.45) is 11.8 Å². The highest BCUT2D eigenvalue weighted by atomic mass is 16.4. The van der Waals surface area contributed by atoms with Crippen LogP contribution in [0.5, 0.6) is 0 Å². The Bertz CT molecular complexity index is 164. The van der Waals surface area contributed by atoms with E-state index in [1.807, 2.05) is 19.9 Å². The van der Waals surface area contributed by atoms with Crippen molar-refractivity contribution in [3.63, 3.8) is 0 Å². The molecule has 0 aliphatic heterocycles. The van der Waals surface area contributed by atoms with Crippen LogP contribution in [0.4, 0.5) is 0 Å². The van der Waals surface area contributed by atoms with E-state index in [1.165, 1.54) is 6.42 Å². The molecule has 0 saturated heterocycles. The van der Waals surface area contributed by atoms with Gasteiger partial charge in [-0.3, -0.25) is 4.79 Å². The van der Waals surface area contributed by atoms with Crippen LogP contribution >= 0.6 is 0 Å². The zero-order valence-electron chi connectivity index (χ0n) is 10.6.